The average molecular weight is 233 g/mol. The predicted molar refractivity (Wildman–Crippen MR) is 70.1 cm³/mol. The molecule has 2 N–H and O–H groups in total. The second-order valence-electron chi connectivity index (χ2n) is 4.73. The standard InChI is InChI=1S/C13H19N3O/c1-10-9-15-12-8-11(2-3-13(12)17-10)16-6-4-14-5-7-16/h2-3,8,10,14-15H,4-7,9H2,1H3. The van der Waals surface area contributed by atoms with Crippen LogP contribution in [0.1, 0.15) is 6.92 Å². The summed E-state index contributed by atoms with van der Waals surface area (Å²) in [6.45, 7) is 7.26. The van der Waals surface area contributed by atoms with Crippen molar-refractivity contribution >= 4 is 11.4 Å². The third-order valence-electron chi connectivity index (χ3n) is 3.35. The van der Waals surface area contributed by atoms with E-state index < -0.39 is 0 Å². The van der Waals surface area contributed by atoms with Crippen LogP contribution in [0.15, 0.2) is 18.2 Å². The van der Waals surface area contributed by atoms with Gasteiger partial charge < -0.3 is 20.3 Å². The molecule has 3 rings (SSSR count). The van der Waals surface area contributed by atoms with Crippen molar-refractivity contribution < 1.29 is 4.74 Å². The highest BCUT2D eigenvalue weighted by Crippen LogP contribution is 2.33. The van der Waals surface area contributed by atoms with Crippen molar-refractivity contribution in [3.05, 3.63) is 18.2 Å². The summed E-state index contributed by atoms with van der Waals surface area (Å²) in [6, 6.07) is 6.44. The van der Waals surface area contributed by atoms with Gasteiger partial charge in [-0.1, -0.05) is 0 Å². The van der Waals surface area contributed by atoms with Gasteiger partial charge in [-0.3, -0.25) is 0 Å². The van der Waals surface area contributed by atoms with E-state index in [1.54, 1.807) is 0 Å². The molecule has 0 saturated carbocycles. The first-order valence-electron chi connectivity index (χ1n) is 6.33. The number of nitrogens with one attached hydrogen (secondary N) is 2. The maximum absolute atomic E-state index is 5.78. The predicted octanol–water partition coefficient (Wildman–Crippen LogP) is 1.29. The van der Waals surface area contributed by atoms with E-state index in [1.165, 1.54) is 5.69 Å². The number of hydrogen-bond acceptors (Lipinski definition) is 4. The highest BCUT2D eigenvalue weighted by Gasteiger charge is 2.17. The first-order chi connectivity index (χ1) is 8.33. The molecule has 4 heteroatoms. The van der Waals surface area contributed by atoms with Gasteiger partial charge in [0.25, 0.3) is 0 Å². The van der Waals surface area contributed by atoms with Gasteiger partial charge in [0.15, 0.2) is 0 Å². The van der Waals surface area contributed by atoms with Crippen molar-refractivity contribution in [2.75, 3.05) is 42.9 Å². The quantitative estimate of drug-likeness (QED) is 0.766. The molecule has 4 nitrogen and oxygen atoms in total. The fourth-order valence-corrected chi connectivity index (χ4v) is 2.39. The van der Waals surface area contributed by atoms with Crippen molar-refractivity contribution in [3.8, 4) is 5.75 Å². The van der Waals surface area contributed by atoms with Crippen molar-refractivity contribution in [1.82, 2.24) is 5.32 Å². The summed E-state index contributed by atoms with van der Waals surface area (Å²) in [5, 5.41) is 6.80. The number of rotatable bonds is 1. The minimum atomic E-state index is 0.257. The third-order valence-corrected chi connectivity index (χ3v) is 3.35. The molecule has 2 aliphatic rings. The normalized spacial score (nSPS) is 23.6. The summed E-state index contributed by atoms with van der Waals surface area (Å²) in [7, 11) is 0. The molecule has 2 aliphatic heterocycles. The molecule has 1 unspecified atom stereocenters. The smallest absolute Gasteiger partial charge is 0.143 e. The summed E-state index contributed by atoms with van der Waals surface area (Å²) >= 11 is 0. The van der Waals surface area contributed by atoms with Crippen LogP contribution in [0, 0.1) is 0 Å². The summed E-state index contributed by atoms with van der Waals surface area (Å²) < 4.78 is 5.78. The fourth-order valence-electron chi connectivity index (χ4n) is 2.39. The zero-order valence-corrected chi connectivity index (χ0v) is 10.2. The van der Waals surface area contributed by atoms with Gasteiger partial charge in [-0.2, -0.15) is 0 Å². The molecule has 1 fully saturated rings. The minimum absolute atomic E-state index is 0.257. The lowest BCUT2D eigenvalue weighted by Gasteiger charge is -2.31. The highest BCUT2D eigenvalue weighted by atomic mass is 16.5. The first kappa shape index (κ1) is 10.7. The summed E-state index contributed by atoms with van der Waals surface area (Å²) in [6.07, 6.45) is 0.257. The van der Waals surface area contributed by atoms with E-state index in [-0.39, 0.29) is 6.10 Å². The van der Waals surface area contributed by atoms with Crippen LogP contribution in [0.2, 0.25) is 0 Å². The number of anilines is 2. The Bertz CT molecular complexity index is 402. The molecule has 0 amide bonds. The number of nitrogens with zero attached hydrogens (tertiary/aromatic N) is 1. The number of ether oxygens (including phenoxy) is 1. The minimum Gasteiger partial charge on any atom is -0.487 e. The number of hydrogen-bond donors (Lipinski definition) is 2. The fraction of sp³-hybridized carbons (Fsp3) is 0.538. The van der Waals surface area contributed by atoms with Crippen LogP contribution < -0.4 is 20.3 Å². The molecule has 92 valence electrons. The Kier molecular flexibility index (Phi) is 2.81. The van der Waals surface area contributed by atoms with E-state index >= 15 is 0 Å². The Hall–Kier alpha value is -1.42. The molecule has 1 atom stereocenters. The lowest BCUT2D eigenvalue weighted by atomic mass is 10.2. The average Bonchev–Trinajstić information content (AvgIpc) is 2.39. The Labute approximate surface area is 102 Å². The lowest BCUT2D eigenvalue weighted by molar-refractivity contribution is 0.226. The van der Waals surface area contributed by atoms with Crippen LogP contribution in [0.4, 0.5) is 11.4 Å². The van der Waals surface area contributed by atoms with Gasteiger partial charge in [0.2, 0.25) is 0 Å². The van der Waals surface area contributed by atoms with Gasteiger partial charge >= 0.3 is 0 Å². The third kappa shape index (κ3) is 2.17. The van der Waals surface area contributed by atoms with Crippen molar-refractivity contribution in [1.29, 1.82) is 0 Å². The van der Waals surface area contributed by atoms with E-state index in [9.17, 15) is 0 Å². The van der Waals surface area contributed by atoms with Crippen LogP contribution >= 0.6 is 0 Å². The lowest BCUT2D eigenvalue weighted by Crippen LogP contribution is -2.43. The molecule has 1 aromatic carbocycles. The van der Waals surface area contributed by atoms with Crippen LogP contribution in [-0.2, 0) is 0 Å². The van der Waals surface area contributed by atoms with Crippen LogP contribution in [0.5, 0.6) is 5.75 Å². The van der Waals surface area contributed by atoms with E-state index in [4.69, 9.17) is 4.74 Å². The van der Waals surface area contributed by atoms with Gasteiger partial charge in [-0.15, -0.1) is 0 Å². The summed E-state index contributed by atoms with van der Waals surface area (Å²) in [5.41, 5.74) is 2.41. The van der Waals surface area contributed by atoms with Gasteiger partial charge in [0.1, 0.15) is 11.9 Å². The number of benzene rings is 1. The van der Waals surface area contributed by atoms with Gasteiger partial charge in [0.05, 0.1) is 12.2 Å². The molecule has 1 aromatic rings. The molecule has 2 heterocycles. The van der Waals surface area contributed by atoms with E-state index in [0.717, 1.165) is 44.2 Å². The van der Waals surface area contributed by atoms with Crippen molar-refractivity contribution in [2.24, 2.45) is 0 Å². The highest BCUT2D eigenvalue weighted by molar-refractivity contribution is 5.66. The van der Waals surface area contributed by atoms with Crippen LogP contribution in [0.3, 0.4) is 0 Å². The number of piperazine rings is 1. The van der Waals surface area contributed by atoms with Gasteiger partial charge in [-0.25, -0.2) is 0 Å². The maximum atomic E-state index is 5.78. The molecule has 1 saturated heterocycles. The molecular weight excluding hydrogens is 214 g/mol. The molecular formula is C13H19N3O. The van der Waals surface area contributed by atoms with Crippen molar-refractivity contribution in [2.45, 2.75) is 13.0 Å². The van der Waals surface area contributed by atoms with Crippen LogP contribution in [-0.4, -0.2) is 38.8 Å². The van der Waals surface area contributed by atoms with Gasteiger partial charge in [-0.05, 0) is 25.1 Å². The molecule has 0 radical (unpaired) electrons. The zero-order valence-electron chi connectivity index (χ0n) is 10.2. The molecule has 0 aromatic heterocycles. The monoisotopic (exact) mass is 233 g/mol. The molecule has 0 bridgehead atoms. The second-order valence-corrected chi connectivity index (χ2v) is 4.73. The van der Waals surface area contributed by atoms with Gasteiger partial charge in [0, 0.05) is 31.9 Å². The largest absolute Gasteiger partial charge is 0.487 e. The van der Waals surface area contributed by atoms with Crippen LogP contribution in [0.25, 0.3) is 0 Å². The van der Waals surface area contributed by atoms with E-state index in [1.807, 2.05) is 0 Å². The number of fused-ring (bicyclic) bond motifs is 1. The molecule has 0 aliphatic carbocycles. The molecule has 17 heavy (non-hydrogen) atoms. The summed E-state index contributed by atoms with van der Waals surface area (Å²) in [4.78, 5) is 2.41. The van der Waals surface area contributed by atoms with E-state index in [2.05, 4.69) is 40.7 Å². The van der Waals surface area contributed by atoms with E-state index in [0.29, 0.717) is 0 Å². The Morgan fingerprint density at radius 3 is 2.94 bits per heavy atom. The molecule has 0 spiro atoms. The maximum Gasteiger partial charge on any atom is 0.143 e. The van der Waals surface area contributed by atoms with Crippen molar-refractivity contribution in [3.63, 3.8) is 0 Å². The Morgan fingerprint density at radius 2 is 2.12 bits per heavy atom. The summed E-state index contributed by atoms with van der Waals surface area (Å²) in [5.74, 6) is 0.975. The SMILES string of the molecule is CC1CNc2cc(N3CCNCC3)ccc2O1. The first-order valence-corrected chi connectivity index (χ1v) is 6.33. The zero-order chi connectivity index (χ0) is 11.7. The second kappa shape index (κ2) is 4.45. The Morgan fingerprint density at radius 1 is 1.29 bits per heavy atom. The Balaban J connectivity index is 1.82. The topological polar surface area (TPSA) is 36.5 Å².